The molecular weight excluding hydrogens is 250 g/mol. The zero-order valence-electron chi connectivity index (χ0n) is 11.2. The molecule has 0 amide bonds. The van der Waals surface area contributed by atoms with E-state index in [1.54, 1.807) is 18.6 Å². The van der Waals surface area contributed by atoms with Gasteiger partial charge in [-0.2, -0.15) is 0 Å². The number of aromatic nitrogens is 4. The maximum Gasteiger partial charge on any atom is 0.162 e. The summed E-state index contributed by atoms with van der Waals surface area (Å²) >= 11 is 0. The highest BCUT2D eigenvalue weighted by molar-refractivity contribution is 5.91. The minimum Gasteiger partial charge on any atom is -0.383 e. The molecule has 0 unspecified atom stereocenters. The number of aryl methyl sites for hydroxylation is 1. The molecule has 20 heavy (non-hydrogen) atoms. The Morgan fingerprint density at radius 3 is 2.60 bits per heavy atom. The van der Waals surface area contributed by atoms with E-state index in [0.717, 1.165) is 34.9 Å². The van der Waals surface area contributed by atoms with Crippen LogP contribution in [0.4, 0.5) is 5.82 Å². The van der Waals surface area contributed by atoms with E-state index in [1.807, 2.05) is 18.3 Å². The van der Waals surface area contributed by atoms with Gasteiger partial charge in [-0.3, -0.25) is 9.97 Å². The summed E-state index contributed by atoms with van der Waals surface area (Å²) in [5, 5.41) is 0.916. The van der Waals surface area contributed by atoms with Crippen molar-refractivity contribution in [1.29, 1.82) is 0 Å². The lowest BCUT2D eigenvalue weighted by Gasteiger charge is -2.08. The summed E-state index contributed by atoms with van der Waals surface area (Å²) in [6.45, 7) is 2.13. The number of hydrogen-bond donors (Lipinski definition) is 1. The molecule has 2 N–H and O–H groups in total. The first-order valence-electron chi connectivity index (χ1n) is 6.60. The van der Waals surface area contributed by atoms with Gasteiger partial charge in [-0.1, -0.05) is 13.3 Å². The van der Waals surface area contributed by atoms with E-state index in [9.17, 15) is 0 Å². The Labute approximate surface area is 116 Å². The van der Waals surface area contributed by atoms with Gasteiger partial charge in [0.05, 0.1) is 11.7 Å². The molecule has 0 aliphatic carbocycles. The van der Waals surface area contributed by atoms with Gasteiger partial charge in [0.1, 0.15) is 5.82 Å². The molecule has 0 aromatic carbocycles. The third-order valence-electron chi connectivity index (χ3n) is 3.17. The zero-order valence-corrected chi connectivity index (χ0v) is 11.2. The van der Waals surface area contributed by atoms with Crippen molar-refractivity contribution in [3.8, 4) is 11.4 Å². The molecule has 0 aliphatic rings. The predicted octanol–water partition coefficient (Wildman–Crippen LogP) is 2.62. The van der Waals surface area contributed by atoms with Crippen LogP contribution < -0.4 is 5.73 Å². The van der Waals surface area contributed by atoms with Crippen molar-refractivity contribution in [2.75, 3.05) is 5.73 Å². The minimum atomic E-state index is 0.507. The maximum atomic E-state index is 6.13. The average molecular weight is 265 g/mol. The van der Waals surface area contributed by atoms with Gasteiger partial charge in [-0.25, -0.2) is 9.97 Å². The van der Waals surface area contributed by atoms with Gasteiger partial charge in [-0.05, 0) is 24.1 Å². The van der Waals surface area contributed by atoms with E-state index < -0.39 is 0 Å². The van der Waals surface area contributed by atoms with Crippen LogP contribution in [0.1, 0.15) is 18.9 Å². The first-order chi connectivity index (χ1) is 9.79. The topological polar surface area (TPSA) is 77.6 Å². The third-order valence-corrected chi connectivity index (χ3v) is 3.17. The van der Waals surface area contributed by atoms with Gasteiger partial charge >= 0.3 is 0 Å². The van der Waals surface area contributed by atoms with Crippen LogP contribution in [-0.4, -0.2) is 19.9 Å². The number of pyridine rings is 2. The Hall–Kier alpha value is -2.56. The van der Waals surface area contributed by atoms with Gasteiger partial charge in [0.25, 0.3) is 0 Å². The van der Waals surface area contributed by atoms with Gasteiger partial charge in [0.2, 0.25) is 0 Å². The van der Waals surface area contributed by atoms with Crippen molar-refractivity contribution in [2.24, 2.45) is 0 Å². The first kappa shape index (κ1) is 12.5. The van der Waals surface area contributed by atoms with Crippen molar-refractivity contribution in [2.45, 2.75) is 19.8 Å². The fourth-order valence-electron chi connectivity index (χ4n) is 2.27. The lowest BCUT2D eigenvalue weighted by atomic mass is 10.1. The fraction of sp³-hybridized carbons (Fsp3) is 0.200. The van der Waals surface area contributed by atoms with Crippen molar-refractivity contribution >= 4 is 16.7 Å². The SMILES string of the molecule is CCCc1cncc2nc(-c3ccncc3)nc(N)c12. The van der Waals surface area contributed by atoms with Crippen LogP contribution in [0.5, 0.6) is 0 Å². The van der Waals surface area contributed by atoms with Crippen molar-refractivity contribution < 1.29 is 0 Å². The van der Waals surface area contributed by atoms with E-state index in [0.29, 0.717) is 11.6 Å². The Bertz CT molecular complexity index is 740. The number of fused-ring (bicyclic) bond motifs is 1. The molecule has 3 rings (SSSR count). The normalized spacial score (nSPS) is 10.8. The molecular formula is C15H15N5. The van der Waals surface area contributed by atoms with Gasteiger partial charge in [-0.15, -0.1) is 0 Å². The van der Waals surface area contributed by atoms with E-state index in [4.69, 9.17) is 5.73 Å². The number of anilines is 1. The number of nitrogen functional groups attached to an aromatic ring is 1. The Balaban J connectivity index is 2.21. The number of rotatable bonds is 3. The van der Waals surface area contributed by atoms with Crippen LogP contribution >= 0.6 is 0 Å². The zero-order chi connectivity index (χ0) is 13.9. The predicted molar refractivity (Wildman–Crippen MR) is 79.0 cm³/mol. The molecule has 0 saturated carbocycles. The van der Waals surface area contributed by atoms with Gasteiger partial charge < -0.3 is 5.73 Å². The molecule has 0 atom stereocenters. The Kier molecular flexibility index (Phi) is 3.25. The second-order valence-corrected chi connectivity index (χ2v) is 4.61. The lowest BCUT2D eigenvalue weighted by Crippen LogP contribution is -2.01. The molecule has 0 saturated heterocycles. The summed E-state index contributed by atoms with van der Waals surface area (Å²) in [7, 11) is 0. The standard InChI is InChI=1S/C15H15N5/c1-2-3-11-8-18-9-12-13(11)14(16)20-15(19-12)10-4-6-17-7-5-10/h4-9H,2-3H2,1H3,(H2,16,19,20). The first-order valence-corrected chi connectivity index (χ1v) is 6.60. The molecule has 5 nitrogen and oxygen atoms in total. The molecule has 3 aromatic rings. The second-order valence-electron chi connectivity index (χ2n) is 4.61. The summed E-state index contributed by atoms with van der Waals surface area (Å²) in [5.74, 6) is 1.11. The quantitative estimate of drug-likeness (QED) is 0.787. The number of nitrogens with zero attached hydrogens (tertiary/aromatic N) is 4. The summed E-state index contributed by atoms with van der Waals surface area (Å²) in [6.07, 6.45) is 8.96. The number of nitrogens with two attached hydrogens (primary N) is 1. The third kappa shape index (κ3) is 2.18. The van der Waals surface area contributed by atoms with Crippen LogP contribution in [0.25, 0.3) is 22.3 Å². The molecule has 5 heteroatoms. The average Bonchev–Trinajstić information content (AvgIpc) is 2.48. The lowest BCUT2D eigenvalue weighted by molar-refractivity contribution is 0.921. The van der Waals surface area contributed by atoms with Gasteiger partial charge in [0, 0.05) is 29.5 Å². The van der Waals surface area contributed by atoms with Crippen LogP contribution in [0, 0.1) is 0 Å². The Morgan fingerprint density at radius 2 is 1.85 bits per heavy atom. The molecule has 3 aromatic heterocycles. The maximum absolute atomic E-state index is 6.13. The monoisotopic (exact) mass is 265 g/mol. The van der Waals surface area contributed by atoms with E-state index in [1.165, 1.54) is 0 Å². The van der Waals surface area contributed by atoms with Crippen molar-refractivity contribution in [1.82, 2.24) is 19.9 Å². The second kappa shape index (κ2) is 5.21. The van der Waals surface area contributed by atoms with E-state index >= 15 is 0 Å². The molecule has 0 fully saturated rings. The summed E-state index contributed by atoms with van der Waals surface area (Å²) in [4.78, 5) is 17.2. The van der Waals surface area contributed by atoms with E-state index in [2.05, 4.69) is 26.9 Å². The largest absolute Gasteiger partial charge is 0.383 e. The molecule has 0 spiro atoms. The minimum absolute atomic E-state index is 0.507. The highest BCUT2D eigenvalue weighted by Gasteiger charge is 2.10. The van der Waals surface area contributed by atoms with Crippen molar-refractivity contribution in [3.05, 3.63) is 42.5 Å². The van der Waals surface area contributed by atoms with Crippen LogP contribution in [0.3, 0.4) is 0 Å². The van der Waals surface area contributed by atoms with Crippen LogP contribution in [0.2, 0.25) is 0 Å². The number of hydrogen-bond acceptors (Lipinski definition) is 5. The molecule has 0 aliphatic heterocycles. The van der Waals surface area contributed by atoms with Gasteiger partial charge in [0.15, 0.2) is 5.82 Å². The van der Waals surface area contributed by atoms with E-state index in [-0.39, 0.29) is 0 Å². The van der Waals surface area contributed by atoms with Crippen molar-refractivity contribution in [3.63, 3.8) is 0 Å². The Morgan fingerprint density at radius 1 is 1.05 bits per heavy atom. The smallest absolute Gasteiger partial charge is 0.162 e. The fourth-order valence-corrected chi connectivity index (χ4v) is 2.27. The summed E-state index contributed by atoms with van der Waals surface area (Å²) in [5.41, 5.74) is 8.92. The molecule has 100 valence electrons. The molecule has 0 radical (unpaired) electrons. The molecule has 3 heterocycles. The van der Waals surface area contributed by atoms with Crippen LogP contribution in [0.15, 0.2) is 36.9 Å². The molecule has 0 bridgehead atoms. The summed E-state index contributed by atoms with van der Waals surface area (Å²) in [6, 6.07) is 3.73. The summed E-state index contributed by atoms with van der Waals surface area (Å²) < 4.78 is 0. The highest BCUT2D eigenvalue weighted by Crippen LogP contribution is 2.25. The highest BCUT2D eigenvalue weighted by atomic mass is 15.0. The van der Waals surface area contributed by atoms with Crippen LogP contribution in [-0.2, 0) is 6.42 Å².